The molecule has 1 aromatic rings. The Morgan fingerprint density at radius 2 is 2.04 bits per heavy atom. The number of aliphatic imine (C=N–C) groups is 1. The van der Waals surface area contributed by atoms with Gasteiger partial charge >= 0.3 is 0 Å². The van der Waals surface area contributed by atoms with Crippen LogP contribution in [0, 0.1) is 24.2 Å². The average Bonchev–Trinajstić information content (AvgIpc) is 3.45. The van der Waals surface area contributed by atoms with Gasteiger partial charge in [0.25, 0.3) is 0 Å². The molecule has 0 bridgehead atoms. The summed E-state index contributed by atoms with van der Waals surface area (Å²) >= 11 is 6.65. The van der Waals surface area contributed by atoms with Crippen molar-refractivity contribution in [3.8, 4) is 6.07 Å². The number of aryl methyl sites for hydroxylation is 1. The monoisotopic (exact) mass is 366 g/mol. The summed E-state index contributed by atoms with van der Waals surface area (Å²) in [7, 11) is 1.80. The molecule has 1 unspecified atom stereocenters. The zero-order chi connectivity index (χ0) is 19.4. The van der Waals surface area contributed by atoms with Crippen LogP contribution >= 0.6 is 11.6 Å². The van der Waals surface area contributed by atoms with Gasteiger partial charge in [0.1, 0.15) is 0 Å². The van der Waals surface area contributed by atoms with Crippen LogP contribution in [-0.2, 0) is 0 Å². The standard InChI is InChI=1S/C23H27ClN2/c1-14(2)23(24)22(17(5)26-6)21(19-9-10-19)11-16(4)20-12-18(13-25)8-7-15(20)3/h7-8,11-12,16,19H,1,9-10H2,2-6H3/b21-11-,23-22-,26-17-. The Bertz CT molecular complexity index is 845. The molecule has 0 heterocycles. The van der Waals surface area contributed by atoms with E-state index in [-0.39, 0.29) is 5.92 Å². The molecular formula is C23H27ClN2. The summed E-state index contributed by atoms with van der Waals surface area (Å²) < 4.78 is 0. The minimum absolute atomic E-state index is 0.188. The predicted octanol–water partition coefficient (Wildman–Crippen LogP) is 6.47. The summed E-state index contributed by atoms with van der Waals surface area (Å²) in [5, 5.41) is 9.92. The van der Waals surface area contributed by atoms with Gasteiger partial charge in [0, 0.05) is 18.3 Å². The molecule has 0 radical (unpaired) electrons. The van der Waals surface area contributed by atoms with Gasteiger partial charge in [-0.05, 0) is 79.9 Å². The van der Waals surface area contributed by atoms with Crippen molar-refractivity contribution in [2.75, 3.05) is 7.05 Å². The molecule has 1 aromatic carbocycles. The molecule has 0 saturated heterocycles. The summed E-state index contributed by atoms with van der Waals surface area (Å²) in [4.78, 5) is 4.40. The van der Waals surface area contributed by atoms with Crippen LogP contribution in [0.5, 0.6) is 0 Å². The van der Waals surface area contributed by atoms with Crippen molar-refractivity contribution in [2.24, 2.45) is 10.9 Å². The maximum Gasteiger partial charge on any atom is 0.0991 e. The SMILES string of the molecule is C=C(C)/C(Cl)=C(C(=C\C(C)c1cc(C#N)ccc1C)/C1CC1)\C(C)=N/C. The second-order valence-corrected chi connectivity index (χ2v) is 7.52. The maximum absolute atomic E-state index is 9.23. The molecule has 0 amide bonds. The second kappa shape index (κ2) is 8.52. The molecule has 136 valence electrons. The Balaban J connectivity index is 2.58. The van der Waals surface area contributed by atoms with Crippen LogP contribution in [0.4, 0.5) is 0 Å². The van der Waals surface area contributed by atoms with Gasteiger partial charge < -0.3 is 0 Å². The van der Waals surface area contributed by atoms with Gasteiger partial charge in [-0.1, -0.05) is 37.2 Å². The molecule has 1 atom stereocenters. The predicted molar refractivity (Wildman–Crippen MR) is 112 cm³/mol. The second-order valence-electron chi connectivity index (χ2n) is 7.15. The fourth-order valence-electron chi connectivity index (χ4n) is 3.20. The smallest absolute Gasteiger partial charge is 0.0991 e. The molecule has 0 N–H and O–H groups in total. The Kier molecular flexibility index (Phi) is 6.62. The van der Waals surface area contributed by atoms with Gasteiger partial charge in [-0.3, -0.25) is 4.99 Å². The van der Waals surface area contributed by atoms with Crippen LogP contribution in [0.3, 0.4) is 0 Å². The number of benzene rings is 1. The van der Waals surface area contributed by atoms with E-state index in [0.717, 1.165) is 16.9 Å². The van der Waals surface area contributed by atoms with Gasteiger partial charge in [-0.15, -0.1) is 0 Å². The van der Waals surface area contributed by atoms with Gasteiger partial charge in [0.05, 0.1) is 16.7 Å². The highest BCUT2D eigenvalue weighted by molar-refractivity contribution is 6.35. The molecule has 3 heteroatoms. The lowest BCUT2D eigenvalue weighted by atomic mass is 9.88. The number of allylic oxidation sites excluding steroid dienone is 5. The Hall–Kier alpha value is -2.11. The van der Waals surface area contributed by atoms with E-state index < -0.39 is 0 Å². The molecule has 2 rings (SSSR count). The average molecular weight is 367 g/mol. The molecule has 1 aliphatic carbocycles. The molecule has 1 aliphatic rings. The third-order valence-corrected chi connectivity index (χ3v) is 5.44. The van der Waals surface area contributed by atoms with Gasteiger partial charge in [0.2, 0.25) is 0 Å². The third-order valence-electron chi connectivity index (χ3n) is 4.93. The third kappa shape index (κ3) is 4.54. The first-order valence-corrected chi connectivity index (χ1v) is 9.40. The number of halogens is 1. The summed E-state index contributed by atoms with van der Waals surface area (Å²) in [6.07, 6.45) is 4.66. The van der Waals surface area contributed by atoms with Crippen molar-refractivity contribution in [3.63, 3.8) is 0 Å². The van der Waals surface area contributed by atoms with Gasteiger partial charge in [-0.2, -0.15) is 5.26 Å². The van der Waals surface area contributed by atoms with Crippen LogP contribution in [-0.4, -0.2) is 12.8 Å². The van der Waals surface area contributed by atoms with Crippen molar-refractivity contribution < 1.29 is 0 Å². The number of hydrogen-bond donors (Lipinski definition) is 0. The molecule has 0 spiro atoms. The molecule has 0 aromatic heterocycles. The van der Waals surface area contributed by atoms with E-state index in [2.05, 4.69) is 37.6 Å². The van der Waals surface area contributed by atoms with E-state index in [9.17, 15) is 5.26 Å². The van der Waals surface area contributed by atoms with Gasteiger partial charge in [-0.25, -0.2) is 0 Å². The van der Waals surface area contributed by atoms with Crippen molar-refractivity contribution in [2.45, 2.75) is 46.5 Å². The molecule has 1 fully saturated rings. The lowest BCUT2D eigenvalue weighted by molar-refractivity contribution is 0.909. The highest BCUT2D eigenvalue weighted by Crippen LogP contribution is 2.44. The minimum atomic E-state index is 0.188. The van der Waals surface area contributed by atoms with E-state index in [1.807, 2.05) is 32.0 Å². The normalized spacial score (nSPS) is 17.4. The first kappa shape index (κ1) is 20.2. The zero-order valence-corrected chi connectivity index (χ0v) is 17.1. The summed E-state index contributed by atoms with van der Waals surface area (Å²) in [6.45, 7) is 12.2. The van der Waals surface area contributed by atoms with Crippen molar-refractivity contribution in [3.05, 3.63) is 69.3 Å². The molecule has 26 heavy (non-hydrogen) atoms. The van der Waals surface area contributed by atoms with Crippen LogP contribution in [0.25, 0.3) is 0 Å². The van der Waals surface area contributed by atoms with E-state index in [1.165, 1.54) is 29.5 Å². The van der Waals surface area contributed by atoms with Gasteiger partial charge in [0.15, 0.2) is 0 Å². The Labute approximate surface area is 162 Å². The zero-order valence-electron chi connectivity index (χ0n) is 16.4. The topological polar surface area (TPSA) is 36.1 Å². The van der Waals surface area contributed by atoms with Crippen LogP contribution < -0.4 is 0 Å². The highest BCUT2D eigenvalue weighted by atomic mass is 35.5. The fraction of sp³-hybridized carbons (Fsp3) is 0.391. The number of nitrogens with zero attached hydrogens (tertiary/aromatic N) is 2. The largest absolute Gasteiger partial charge is 0.293 e. The van der Waals surface area contributed by atoms with E-state index in [0.29, 0.717) is 16.5 Å². The molecule has 0 aliphatic heterocycles. The van der Waals surface area contributed by atoms with E-state index in [4.69, 9.17) is 11.6 Å². The van der Waals surface area contributed by atoms with Crippen molar-refractivity contribution in [1.82, 2.24) is 0 Å². The van der Waals surface area contributed by atoms with Crippen molar-refractivity contribution in [1.29, 1.82) is 5.26 Å². The first-order chi connectivity index (χ1) is 12.3. The quantitative estimate of drug-likeness (QED) is 0.420. The molecule has 1 saturated carbocycles. The summed E-state index contributed by atoms with van der Waals surface area (Å²) in [5.41, 5.74) is 7.14. The Morgan fingerprint density at radius 3 is 2.54 bits per heavy atom. The van der Waals surface area contributed by atoms with Crippen LogP contribution in [0.1, 0.15) is 56.2 Å². The van der Waals surface area contributed by atoms with Crippen LogP contribution in [0.2, 0.25) is 0 Å². The maximum atomic E-state index is 9.23. The summed E-state index contributed by atoms with van der Waals surface area (Å²) in [5.74, 6) is 0.713. The lowest BCUT2D eigenvalue weighted by Crippen LogP contribution is -2.08. The molecule has 2 nitrogen and oxygen atoms in total. The number of rotatable bonds is 6. The minimum Gasteiger partial charge on any atom is -0.293 e. The summed E-state index contributed by atoms with van der Waals surface area (Å²) in [6, 6.07) is 8.12. The number of hydrogen-bond acceptors (Lipinski definition) is 2. The van der Waals surface area contributed by atoms with E-state index in [1.54, 1.807) is 7.05 Å². The number of nitriles is 1. The lowest BCUT2D eigenvalue weighted by Gasteiger charge is -2.18. The van der Waals surface area contributed by atoms with Crippen LogP contribution in [0.15, 0.2) is 57.6 Å². The fourth-order valence-corrected chi connectivity index (χ4v) is 3.44. The van der Waals surface area contributed by atoms with Crippen molar-refractivity contribution >= 4 is 17.3 Å². The molecular weight excluding hydrogens is 340 g/mol. The Morgan fingerprint density at radius 1 is 1.38 bits per heavy atom. The first-order valence-electron chi connectivity index (χ1n) is 9.02. The van der Waals surface area contributed by atoms with E-state index >= 15 is 0 Å². The highest BCUT2D eigenvalue weighted by Gasteiger charge is 2.31.